The van der Waals surface area contributed by atoms with Crippen LogP contribution in [-0.4, -0.2) is 36.5 Å². The molecule has 1 saturated heterocycles. The zero-order valence-electron chi connectivity index (χ0n) is 8.60. The van der Waals surface area contributed by atoms with E-state index >= 15 is 0 Å². The third kappa shape index (κ3) is 2.52. The van der Waals surface area contributed by atoms with Crippen molar-refractivity contribution < 1.29 is 23.9 Å². The molecular weight excluding hydrogens is 214 g/mol. The van der Waals surface area contributed by atoms with Gasteiger partial charge in [0.05, 0.1) is 13.2 Å². The Morgan fingerprint density at radius 2 is 2.25 bits per heavy atom. The molecule has 2 N–H and O–H groups in total. The van der Waals surface area contributed by atoms with Gasteiger partial charge in [0.25, 0.3) is 0 Å². The van der Waals surface area contributed by atoms with Crippen LogP contribution in [0.5, 0.6) is 5.75 Å². The fraction of sp³-hybridized carbons (Fsp3) is 0.400. The van der Waals surface area contributed by atoms with Crippen molar-refractivity contribution in [3.8, 4) is 5.75 Å². The van der Waals surface area contributed by atoms with Gasteiger partial charge in [-0.3, -0.25) is 0 Å². The molecule has 2 rings (SSSR count). The summed E-state index contributed by atoms with van der Waals surface area (Å²) in [7, 11) is -1.62. The molecule has 0 aromatic heterocycles. The molecule has 1 aliphatic heterocycles. The summed E-state index contributed by atoms with van der Waals surface area (Å²) in [6.07, 6.45) is 0.548. The molecule has 1 unspecified atom stereocenters. The number of rotatable bonds is 3. The summed E-state index contributed by atoms with van der Waals surface area (Å²) in [5.41, 5.74) is 0.204. The SMILES string of the molecule is OB(O)c1ccc(F)c(OC2CCOC2)c1. The van der Waals surface area contributed by atoms with Crippen molar-refractivity contribution in [2.24, 2.45) is 0 Å². The minimum atomic E-state index is -1.62. The molecule has 0 amide bonds. The summed E-state index contributed by atoms with van der Waals surface area (Å²) in [5.74, 6) is -0.489. The van der Waals surface area contributed by atoms with E-state index in [1.165, 1.54) is 12.1 Å². The van der Waals surface area contributed by atoms with Crippen LogP contribution in [0.25, 0.3) is 0 Å². The maximum atomic E-state index is 13.4. The van der Waals surface area contributed by atoms with Crippen LogP contribution in [0.1, 0.15) is 6.42 Å². The van der Waals surface area contributed by atoms with Crippen LogP contribution in [0.3, 0.4) is 0 Å². The molecule has 4 nitrogen and oxygen atoms in total. The molecule has 0 bridgehead atoms. The van der Waals surface area contributed by atoms with E-state index in [2.05, 4.69) is 0 Å². The first-order chi connectivity index (χ1) is 7.66. The van der Waals surface area contributed by atoms with Gasteiger partial charge in [0.15, 0.2) is 11.6 Å². The van der Waals surface area contributed by atoms with Gasteiger partial charge in [-0.05, 0) is 17.6 Å². The van der Waals surface area contributed by atoms with E-state index in [-0.39, 0.29) is 17.3 Å². The second kappa shape index (κ2) is 4.82. The zero-order chi connectivity index (χ0) is 11.5. The van der Waals surface area contributed by atoms with Crippen molar-refractivity contribution in [3.63, 3.8) is 0 Å². The summed E-state index contributed by atoms with van der Waals surface area (Å²) >= 11 is 0. The number of benzene rings is 1. The highest BCUT2D eigenvalue weighted by Crippen LogP contribution is 2.19. The monoisotopic (exact) mass is 226 g/mol. The van der Waals surface area contributed by atoms with Gasteiger partial charge in [0.1, 0.15) is 6.10 Å². The van der Waals surface area contributed by atoms with Crippen molar-refractivity contribution in [3.05, 3.63) is 24.0 Å². The van der Waals surface area contributed by atoms with E-state index in [9.17, 15) is 4.39 Å². The summed E-state index contributed by atoms with van der Waals surface area (Å²) in [5, 5.41) is 17.9. The third-order valence-corrected chi connectivity index (χ3v) is 2.43. The minimum Gasteiger partial charge on any atom is -0.485 e. The first-order valence-electron chi connectivity index (χ1n) is 5.07. The van der Waals surface area contributed by atoms with E-state index < -0.39 is 12.9 Å². The van der Waals surface area contributed by atoms with Crippen LogP contribution >= 0.6 is 0 Å². The van der Waals surface area contributed by atoms with Crippen molar-refractivity contribution in [1.29, 1.82) is 0 Å². The van der Waals surface area contributed by atoms with E-state index in [0.29, 0.717) is 19.6 Å². The molecule has 6 heteroatoms. The summed E-state index contributed by atoms with van der Waals surface area (Å²) in [4.78, 5) is 0. The Bertz CT molecular complexity index is 366. The quantitative estimate of drug-likeness (QED) is 0.693. The van der Waals surface area contributed by atoms with Gasteiger partial charge in [-0.2, -0.15) is 0 Å². The standard InChI is InChI=1S/C10H12BFO4/c12-9-2-1-7(11(13)14)5-10(9)16-8-3-4-15-6-8/h1-2,5,8,13-14H,3-4,6H2. The van der Waals surface area contributed by atoms with Crippen LogP contribution < -0.4 is 10.2 Å². The smallest absolute Gasteiger partial charge is 0.485 e. The number of ether oxygens (including phenoxy) is 2. The van der Waals surface area contributed by atoms with Crippen LogP contribution in [0, 0.1) is 5.82 Å². The summed E-state index contributed by atoms with van der Waals surface area (Å²) < 4.78 is 23.8. The Morgan fingerprint density at radius 1 is 1.44 bits per heavy atom. The third-order valence-electron chi connectivity index (χ3n) is 2.43. The predicted octanol–water partition coefficient (Wildman–Crippen LogP) is -0.327. The van der Waals surface area contributed by atoms with Crippen molar-refractivity contribution in [2.75, 3.05) is 13.2 Å². The topological polar surface area (TPSA) is 58.9 Å². The van der Waals surface area contributed by atoms with Gasteiger partial charge >= 0.3 is 7.12 Å². The molecule has 1 aromatic carbocycles. The van der Waals surface area contributed by atoms with E-state index in [4.69, 9.17) is 19.5 Å². The van der Waals surface area contributed by atoms with Crippen LogP contribution in [-0.2, 0) is 4.74 Å². The van der Waals surface area contributed by atoms with Crippen LogP contribution in [0.4, 0.5) is 4.39 Å². The van der Waals surface area contributed by atoms with Crippen molar-refractivity contribution >= 4 is 12.6 Å². The highest BCUT2D eigenvalue weighted by atomic mass is 19.1. The molecule has 1 aliphatic rings. The normalized spacial score (nSPS) is 19.8. The Balaban J connectivity index is 2.14. The lowest BCUT2D eigenvalue weighted by atomic mass is 9.80. The largest absolute Gasteiger partial charge is 0.488 e. The first kappa shape index (κ1) is 11.4. The lowest BCUT2D eigenvalue weighted by Crippen LogP contribution is -2.30. The lowest BCUT2D eigenvalue weighted by Gasteiger charge is -2.13. The first-order valence-corrected chi connectivity index (χ1v) is 5.07. The number of hydrogen-bond acceptors (Lipinski definition) is 4. The second-order valence-electron chi connectivity index (χ2n) is 3.67. The molecule has 0 aliphatic carbocycles. The fourth-order valence-electron chi connectivity index (χ4n) is 1.56. The van der Waals surface area contributed by atoms with Gasteiger partial charge < -0.3 is 19.5 Å². The molecule has 0 saturated carbocycles. The van der Waals surface area contributed by atoms with Gasteiger partial charge in [-0.25, -0.2) is 4.39 Å². The van der Waals surface area contributed by atoms with Gasteiger partial charge in [-0.15, -0.1) is 0 Å². The molecule has 1 heterocycles. The van der Waals surface area contributed by atoms with Crippen molar-refractivity contribution in [1.82, 2.24) is 0 Å². The molecule has 1 fully saturated rings. The molecule has 16 heavy (non-hydrogen) atoms. The van der Waals surface area contributed by atoms with Gasteiger partial charge in [-0.1, -0.05) is 6.07 Å². The molecule has 0 spiro atoms. The predicted molar refractivity (Wildman–Crippen MR) is 56.1 cm³/mol. The van der Waals surface area contributed by atoms with E-state index in [1.807, 2.05) is 0 Å². The zero-order valence-corrected chi connectivity index (χ0v) is 8.60. The highest BCUT2D eigenvalue weighted by Gasteiger charge is 2.20. The summed E-state index contributed by atoms with van der Waals surface area (Å²) in [6.45, 7) is 1.04. The molecule has 1 aromatic rings. The van der Waals surface area contributed by atoms with E-state index in [0.717, 1.165) is 6.07 Å². The fourth-order valence-corrected chi connectivity index (χ4v) is 1.56. The minimum absolute atomic E-state index is 0.0288. The number of halogens is 1. The maximum Gasteiger partial charge on any atom is 0.488 e. The highest BCUT2D eigenvalue weighted by molar-refractivity contribution is 6.58. The summed E-state index contributed by atoms with van der Waals surface area (Å²) in [6, 6.07) is 3.75. The lowest BCUT2D eigenvalue weighted by molar-refractivity contribution is 0.138. The average Bonchev–Trinajstić information content (AvgIpc) is 2.73. The Kier molecular flexibility index (Phi) is 3.43. The maximum absolute atomic E-state index is 13.4. The number of hydrogen-bond donors (Lipinski definition) is 2. The van der Waals surface area contributed by atoms with Gasteiger partial charge in [0, 0.05) is 6.42 Å². The molecular formula is C10H12BFO4. The molecule has 1 atom stereocenters. The van der Waals surface area contributed by atoms with Crippen LogP contribution in [0.15, 0.2) is 18.2 Å². The Hall–Kier alpha value is -1.11. The Morgan fingerprint density at radius 3 is 2.88 bits per heavy atom. The molecule has 86 valence electrons. The van der Waals surface area contributed by atoms with Crippen molar-refractivity contribution in [2.45, 2.75) is 12.5 Å². The van der Waals surface area contributed by atoms with E-state index in [1.54, 1.807) is 0 Å². The second-order valence-corrected chi connectivity index (χ2v) is 3.67. The average molecular weight is 226 g/mol. The molecule has 0 radical (unpaired) electrons. The Labute approximate surface area is 92.8 Å². The van der Waals surface area contributed by atoms with Gasteiger partial charge in [0.2, 0.25) is 0 Å². The van der Waals surface area contributed by atoms with Crippen LogP contribution in [0.2, 0.25) is 0 Å².